The van der Waals surface area contributed by atoms with Gasteiger partial charge in [0.1, 0.15) is 0 Å². The Hall–Kier alpha value is -1.07. The number of aliphatic imine (C=N–C) groups is 1. The predicted molar refractivity (Wildman–Crippen MR) is 139 cm³/mol. The average molecular weight is 564 g/mol. The largest absolute Gasteiger partial charge is 0.450 e. The third-order valence-corrected chi connectivity index (χ3v) is 7.15. The molecule has 3 rings (SSSR count). The van der Waals surface area contributed by atoms with Crippen LogP contribution in [0.25, 0.3) is 0 Å². The molecule has 0 radical (unpaired) electrons. The molecule has 1 unspecified atom stereocenters. The highest BCUT2D eigenvalue weighted by molar-refractivity contribution is 14.0. The predicted octanol–water partition coefficient (Wildman–Crippen LogP) is 3.93. The number of carbonyl (C=O) groups is 1. The second-order valence-corrected chi connectivity index (χ2v) is 9.29. The number of guanidine groups is 1. The van der Waals surface area contributed by atoms with Gasteiger partial charge in [0.2, 0.25) is 0 Å². The number of ether oxygens (including phenoxy) is 1. The summed E-state index contributed by atoms with van der Waals surface area (Å²) in [5, 5.41) is 9.29. The number of amides is 1. The summed E-state index contributed by atoms with van der Waals surface area (Å²) >= 11 is 1.84. The molecule has 1 amide bonds. The summed E-state index contributed by atoms with van der Waals surface area (Å²) in [7, 11) is 1.83. The number of halogens is 1. The lowest BCUT2D eigenvalue weighted by molar-refractivity contribution is 0.0962. The fourth-order valence-electron chi connectivity index (χ4n) is 4.23. The molecule has 7 nitrogen and oxygen atoms in total. The van der Waals surface area contributed by atoms with E-state index in [0.29, 0.717) is 18.7 Å². The van der Waals surface area contributed by atoms with E-state index in [9.17, 15) is 4.79 Å². The minimum absolute atomic E-state index is 0. The average Bonchev–Trinajstić information content (AvgIpc) is 3.29. The van der Waals surface area contributed by atoms with Gasteiger partial charge >= 0.3 is 6.09 Å². The van der Waals surface area contributed by atoms with Crippen molar-refractivity contribution in [2.24, 2.45) is 10.9 Å². The number of thiophene rings is 1. The van der Waals surface area contributed by atoms with Gasteiger partial charge in [-0.25, -0.2) is 4.79 Å². The summed E-state index contributed by atoms with van der Waals surface area (Å²) in [5.74, 6) is 1.67. The quantitative estimate of drug-likeness (QED) is 0.312. The first-order chi connectivity index (χ1) is 14.6. The van der Waals surface area contributed by atoms with Crippen molar-refractivity contribution in [3.63, 3.8) is 0 Å². The minimum atomic E-state index is -0.201. The van der Waals surface area contributed by atoms with Crippen molar-refractivity contribution in [1.29, 1.82) is 0 Å². The summed E-state index contributed by atoms with van der Waals surface area (Å²) in [6, 6.07) is 5.08. The number of nitrogens with one attached hydrogen (secondary N) is 2. The molecule has 1 aromatic rings. The second-order valence-electron chi connectivity index (χ2n) is 8.31. The van der Waals surface area contributed by atoms with Crippen LogP contribution in [0.5, 0.6) is 0 Å². The van der Waals surface area contributed by atoms with Crippen molar-refractivity contribution in [1.82, 2.24) is 20.4 Å². The van der Waals surface area contributed by atoms with Crippen LogP contribution in [0, 0.1) is 5.92 Å². The monoisotopic (exact) mass is 563 g/mol. The molecule has 2 aliphatic rings. The fourth-order valence-corrected chi connectivity index (χ4v) is 5.09. The number of nitrogens with zero attached hydrogens (tertiary/aromatic N) is 3. The minimum Gasteiger partial charge on any atom is -0.450 e. The standard InChI is InChI=1S/C22H37N5O2S.HI/c1-4-29-22(28)27-13-9-18(10-14-27)25-21(23-3)24-16-19(20-6-5-15-30-20)26-11-7-17(2)8-12-26;/h5-6,15,17-19H,4,7-14,16H2,1-3H3,(H2,23,24,25);1H. The van der Waals surface area contributed by atoms with E-state index in [-0.39, 0.29) is 30.1 Å². The molecule has 0 saturated carbocycles. The van der Waals surface area contributed by atoms with Crippen LogP contribution in [-0.2, 0) is 4.74 Å². The molecule has 2 fully saturated rings. The molecule has 31 heavy (non-hydrogen) atoms. The summed E-state index contributed by atoms with van der Waals surface area (Å²) < 4.78 is 5.11. The van der Waals surface area contributed by atoms with Crippen LogP contribution in [0.4, 0.5) is 4.79 Å². The number of likely N-dealkylation sites (tertiary alicyclic amines) is 2. The molecule has 3 heterocycles. The van der Waals surface area contributed by atoms with Gasteiger partial charge in [-0.05, 0) is 63.1 Å². The zero-order valence-corrected chi connectivity index (χ0v) is 22.2. The zero-order chi connectivity index (χ0) is 21.3. The Morgan fingerprint density at radius 3 is 2.55 bits per heavy atom. The molecular formula is C22H38IN5O2S. The normalized spacial score (nSPS) is 20.1. The molecule has 0 spiro atoms. The first kappa shape index (κ1) is 26.2. The molecule has 9 heteroatoms. The van der Waals surface area contributed by atoms with Crippen LogP contribution in [0.15, 0.2) is 22.5 Å². The van der Waals surface area contributed by atoms with Crippen LogP contribution in [0.3, 0.4) is 0 Å². The maximum atomic E-state index is 11.9. The molecule has 2 N–H and O–H groups in total. The van der Waals surface area contributed by atoms with Gasteiger partial charge in [-0.2, -0.15) is 0 Å². The van der Waals surface area contributed by atoms with Gasteiger partial charge in [-0.15, -0.1) is 35.3 Å². The van der Waals surface area contributed by atoms with Crippen LogP contribution in [0.2, 0.25) is 0 Å². The molecule has 0 aromatic carbocycles. The molecule has 0 bridgehead atoms. The summed E-state index contributed by atoms with van der Waals surface area (Å²) in [6.07, 6.45) is 4.14. The molecule has 1 aromatic heterocycles. The van der Waals surface area contributed by atoms with E-state index >= 15 is 0 Å². The summed E-state index contributed by atoms with van der Waals surface area (Å²) in [5.41, 5.74) is 0. The Labute approximate surface area is 208 Å². The third-order valence-electron chi connectivity index (χ3n) is 6.18. The zero-order valence-electron chi connectivity index (χ0n) is 19.0. The highest BCUT2D eigenvalue weighted by atomic mass is 127. The number of piperidine rings is 2. The Bertz CT molecular complexity index is 671. The highest BCUT2D eigenvalue weighted by Gasteiger charge is 2.27. The molecule has 2 saturated heterocycles. The molecule has 0 aliphatic carbocycles. The van der Waals surface area contributed by atoms with Crippen LogP contribution < -0.4 is 10.6 Å². The Morgan fingerprint density at radius 1 is 1.26 bits per heavy atom. The number of rotatable bonds is 6. The molecule has 176 valence electrons. The topological polar surface area (TPSA) is 69.2 Å². The van der Waals surface area contributed by atoms with Gasteiger partial charge in [0.05, 0.1) is 12.6 Å². The SMILES string of the molecule is CCOC(=O)N1CCC(NC(=NC)NCC(c2cccs2)N2CCC(C)CC2)CC1.I. The molecule has 2 aliphatic heterocycles. The lowest BCUT2D eigenvalue weighted by Gasteiger charge is -2.37. The summed E-state index contributed by atoms with van der Waals surface area (Å²) in [6.45, 7) is 9.22. The number of carbonyl (C=O) groups excluding carboxylic acids is 1. The van der Waals surface area contributed by atoms with Crippen LogP contribution >= 0.6 is 35.3 Å². The first-order valence-electron chi connectivity index (χ1n) is 11.3. The van der Waals surface area contributed by atoms with E-state index < -0.39 is 0 Å². The van der Waals surface area contributed by atoms with Crippen molar-refractivity contribution in [3.8, 4) is 0 Å². The maximum Gasteiger partial charge on any atom is 0.409 e. The van der Waals surface area contributed by atoms with Crippen LogP contribution in [0.1, 0.15) is 50.4 Å². The smallest absolute Gasteiger partial charge is 0.409 e. The maximum absolute atomic E-state index is 11.9. The van der Waals surface area contributed by atoms with E-state index in [1.54, 1.807) is 4.90 Å². The van der Waals surface area contributed by atoms with E-state index in [4.69, 9.17) is 4.74 Å². The van der Waals surface area contributed by atoms with Gasteiger partial charge in [0.25, 0.3) is 0 Å². The second kappa shape index (κ2) is 13.5. The van der Waals surface area contributed by atoms with E-state index in [1.165, 1.54) is 17.7 Å². The van der Waals surface area contributed by atoms with Crippen LogP contribution in [-0.4, -0.2) is 74.3 Å². The fraction of sp³-hybridized carbons (Fsp3) is 0.727. The van der Waals surface area contributed by atoms with Crippen molar-refractivity contribution >= 4 is 47.4 Å². The van der Waals surface area contributed by atoms with E-state index in [2.05, 4.69) is 45.0 Å². The van der Waals surface area contributed by atoms with Gasteiger partial charge in [0.15, 0.2) is 5.96 Å². The number of hydrogen-bond acceptors (Lipinski definition) is 5. The van der Waals surface area contributed by atoms with Crippen molar-refractivity contribution in [3.05, 3.63) is 22.4 Å². The first-order valence-corrected chi connectivity index (χ1v) is 12.1. The van der Waals surface area contributed by atoms with E-state index in [1.807, 2.05) is 25.3 Å². The van der Waals surface area contributed by atoms with Gasteiger partial charge in [-0.1, -0.05) is 13.0 Å². The summed E-state index contributed by atoms with van der Waals surface area (Å²) in [4.78, 5) is 22.2. The lowest BCUT2D eigenvalue weighted by atomic mass is 9.97. The molecule has 1 atom stereocenters. The number of hydrogen-bond donors (Lipinski definition) is 2. The Balaban J connectivity index is 0.00000341. The van der Waals surface area contributed by atoms with Gasteiger partial charge < -0.3 is 20.3 Å². The highest BCUT2D eigenvalue weighted by Crippen LogP contribution is 2.29. The van der Waals surface area contributed by atoms with Gasteiger partial charge in [0, 0.05) is 37.6 Å². The van der Waals surface area contributed by atoms with Crippen molar-refractivity contribution in [2.45, 2.75) is 51.6 Å². The lowest BCUT2D eigenvalue weighted by Crippen LogP contribution is -2.51. The Kier molecular flexibility index (Phi) is 11.4. The third kappa shape index (κ3) is 7.78. The van der Waals surface area contributed by atoms with Crippen molar-refractivity contribution in [2.75, 3.05) is 46.4 Å². The Morgan fingerprint density at radius 2 is 1.97 bits per heavy atom. The van der Waals surface area contributed by atoms with Crippen molar-refractivity contribution < 1.29 is 9.53 Å². The van der Waals surface area contributed by atoms with E-state index in [0.717, 1.165) is 57.4 Å². The van der Waals surface area contributed by atoms with Gasteiger partial charge in [-0.3, -0.25) is 9.89 Å². The molecular weight excluding hydrogens is 525 g/mol.